The minimum Gasteiger partial charge on any atom is -0.507 e. The van der Waals surface area contributed by atoms with Gasteiger partial charge in [0.05, 0.1) is 11.5 Å². The molecule has 2 aromatic rings. The maximum atomic E-state index is 13.9. The minimum absolute atomic E-state index is 0.0172. The lowest BCUT2D eigenvalue weighted by Crippen LogP contribution is -2.54. The molecule has 6 rings (SSSR count). The highest BCUT2D eigenvalue weighted by Gasteiger charge is 2.37. The van der Waals surface area contributed by atoms with Crippen LogP contribution < -0.4 is 5.32 Å². The third-order valence-corrected chi connectivity index (χ3v) is 11.8. The first kappa shape index (κ1) is 33.8. The molecule has 2 aromatic carbocycles. The van der Waals surface area contributed by atoms with Crippen LogP contribution in [0, 0.1) is 0 Å². The zero-order valence-electron chi connectivity index (χ0n) is 27.3. The summed E-state index contributed by atoms with van der Waals surface area (Å²) in [6.07, 6.45) is 3.43. The van der Waals surface area contributed by atoms with E-state index in [0.717, 1.165) is 36.1 Å². The summed E-state index contributed by atoms with van der Waals surface area (Å²) in [5.74, 6) is 0.137. The number of phenols is 1. The molecule has 0 unspecified atom stereocenters. The Morgan fingerprint density at radius 3 is 2.31 bits per heavy atom. The van der Waals surface area contributed by atoms with Gasteiger partial charge >= 0.3 is 12.1 Å². The van der Waals surface area contributed by atoms with Crippen molar-refractivity contribution >= 4 is 39.6 Å². The number of anilines is 1. The van der Waals surface area contributed by atoms with Crippen LogP contribution in [0.3, 0.4) is 0 Å². The Morgan fingerprint density at radius 1 is 0.938 bits per heavy atom. The molecule has 0 saturated carbocycles. The Balaban J connectivity index is 1.08. The molecular weight excluding hydrogens is 634 g/mol. The van der Waals surface area contributed by atoms with Gasteiger partial charge in [0, 0.05) is 75.6 Å². The van der Waals surface area contributed by atoms with E-state index in [-0.39, 0.29) is 47.7 Å². The fourth-order valence-electron chi connectivity index (χ4n) is 7.33. The second-order valence-corrected chi connectivity index (χ2v) is 15.5. The number of sulfone groups is 1. The number of rotatable bonds is 7. The van der Waals surface area contributed by atoms with E-state index in [1.165, 1.54) is 6.08 Å². The van der Waals surface area contributed by atoms with Gasteiger partial charge in [-0.15, -0.1) is 0 Å². The quantitative estimate of drug-likeness (QED) is 0.455. The fourth-order valence-corrected chi connectivity index (χ4v) is 8.56. The highest BCUT2D eigenvalue weighted by molar-refractivity contribution is 7.91. The van der Waals surface area contributed by atoms with E-state index >= 15 is 0 Å². The first-order valence-electron chi connectivity index (χ1n) is 16.9. The van der Waals surface area contributed by atoms with E-state index in [1.807, 2.05) is 29.2 Å². The van der Waals surface area contributed by atoms with Gasteiger partial charge < -0.3 is 29.9 Å². The lowest BCUT2D eigenvalue weighted by Gasteiger charge is -2.41. The highest BCUT2D eigenvalue weighted by atomic mass is 32.2. The van der Waals surface area contributed by atoms with Crippen molar-refractivity contribution < 1.29 is 32.6 Å². The SMILES string of the molecule is C=Cc1cc(C[C@@H](OC(=O)N2CCC(N3CCc4ccccc4NC3=O)CC2)C(=O)N2CCC(N3CCS(=O)(=O)CC3)CC2)ccc1O. The van der Waals surface area contributed by atoms with Crippen LogP contribution in [0.5, 0.6) is 5.75 Å². The van der Waals surface area contributed by atoms with Gasteiger partial charge in [-0.3, -0.25) is 9.69 Å². The average Bonchev–Trinajstić information content (AvgIpc) is 3.26. The predicted molar refractivity (Wildman–Crippen MR) is 182 cm³/mol. The predicted octanol–water partition coefficient (Wildman–Crippen LogP) is 3.36. The van der Waals surface area contributed by atoms with E-state index < -0.39 is 22.0 Å². The van der Waals surface area contributed by atoms with Gasteiger partial charge in [-0.05, 0) is 61.4 Å². The van der Waals surface area contributed by atoms with E-state index in [2.05, 4.69) is 16.8 Å². The van der Waals surface area contributed by atoms with Crippen molar-refractivity contribution in [2.24, 2.45) is 0 Å². The molecule has 12 nitrogen and oxygen atoms in total. The van der Waals surface area contributed by atoms with Gasteiger partial charge in [-0.25, -0.2) is 18.0 Å². The smallest absolute Gasteiger partial charge is 0.410 e. The number of nitrogens with zero attached hydrogens (tertiary/aromatic N) is 4. The summed E-state index contributed by atoms with van der Waals surface area (Å²) >= 11 is 0. The van der Waals surface area contributed by atoms with Crippen LogP contribution in [0.2, 0.25) is 0 Å². The fraction of sp³-hybridized carbons (Fsp3) is 0.514. The first-order chi connectivity index (χ1) is 23.1. The summed E-state index contributed by atoms with van der Waals surface area (Å²) < 4.78 is 29.8. The third-order valence-electron chi connectivity index (χ3n) is 10.2. The summed E-state index contributed by atoms with van der Waals surface area (Å²) in [5.41, 5.74) is 3.19. The molecule has 3 saturated heterocycles. The molecule has 0 aliphatic carbocycles. The monoisotopic (exact) mass is 679 g/mol. The zero-order valence-corrected chi connectivity index (χ0v) is 28.1. The molecular formula is C35H45N5O7S. The van der Waals surface area contributed by atoms with Gasteiger partial charge in [0.15, 0.2) is 15.9 Å². The maximum Gasteiger partial charge on any atom is 0.410 e. The van der Waals surface area contributed by atoms with Crippen molar-refractivity contribution in [1.82, 2.24) is 19.6 Å². The maximum absolute atomic E-state index is 13.9. The van der Waals surface area contributed by atoms with Gasteiger partial charge in [0.2, 0.25) is 0 Å². The van der Waals surface area contributed by atoms with Gasteiger partial charge in [-0.2, -0.15) is 0 Å². The number of likely N-dealkylation sites (tertiary alicyclic amines) is 2. The Kier molecular flexibility index (Phi) is 10.3. The van der Waals surface area contributed by atoms with Gasteiger partial charge in [0.1, 0.15) is 5.75 Å². The molecule has 258 valence electrons. The normalized spacial score (nSPS) is 21.5. The number of ether oxygens (including phenoxy) is 1. The number of aromatic hydroxyl groups is 1. The van der Waals surface area contributed by atoms with Crippen LogP contribution in [-0.4, -0.2) is 127 Å². The molecule has 48 heavy (non-hydrogen) atoms. The van der Waals surface area contributed by atoms with Gasteiger partial charge in [0.25, 0.3) is 5.91 Å². The average molecular weight is 680 g/mol. The second-order valence-electron chi connectivity index (χ2n) is 13.2. The zero-order chi connectivity index (χ0) is 33.8. The molecule has 4 aliphatic heterocycles. The van der Waals surface area contributed by atoms with Crippen molar-refractivity contribution in [3.8, 4) is 5.75 Å². The molecule has 13 heteroatoms. The molecule has 4 aliphatic rings. The van der Waals surface area contributed by atoms with Crippen LogP contribution in [-0.2, 0) is 32.2 Å². The molecule has 4 heterocycles. The van der Waals surface area contributed by atoms with Crippen LogP contribution in [0.4, 0.5) is 15.3 Å². The number of fused-ring (bicyclic) bond motifs is 1. The Hall–Kier alpha value is -4.10. The number of hydrogen-bond acceptors (Lipinski definition) is 8. The number of para-hydroxylation sites is 1. The second kappa shape index (κ2) is 14.6. The van der Waals surface area contributed by atoms with E-state index in [1.54, 1.807) is 28.0 Å². The summed E-state index contributed by atoms with van der Waals surface area (Å²) in [6.45, 7) is 7.15. The minimum atomic E-state index is -2.97. The number of piperidine rings is 2. The number of benzene rings is 2. The topological polar surface area (TPSA) is 140 Å². The van der Waals surface area contributed by atoms with E-state index in [4.69, 9.17) is 4.74 Å². The number of phenolic OH excluding ortho intramolecular Hbond substituents is 1. The molecule has 2 N–H and O–H groups in total. The lowest BCUT2D eigenvalue weighted by molar-refractivity contribution is -0.142. The molecule has 1 atom stereocenters. The number of carbonyl (C=O) groups is 3. The Bertz CT molecular complexity index is 1620. The largest absolute Gasteiger partial charge is 0.507 e. The van der Waals surface area contributed by atoms with Crippen LogP contribution >= 0.6 is 0 Å². The molecule has 0 spiro atoms. The summed E-state index contributed by atoms with van der Waals surface area (Å²) in [6, 6.07) is 12.9. The van der Waals surface area contributed by atoms with Gasteiger partial charge in [-0.1, -0.05) is 36.9 Å². The standard InChI is InChI=1S/C35H45N5O7S/c1-2-26-23-25(7-8-31(26)41)24-32(33(42)38-14-10-28(11-15-38)37-19-21-48(45,46)22-20-37)47-35(44)39-16-12-29(13-17-39)40-18-9-27-5-3-4-6-30(27)36-34(40)43/h2-8,23,28-29,32,41H,1,9-22,24H2,(H,36,43)/t32-/m1/s1. The summed E-state index contributed by atoms with van der Waals surface area (Å²) in [4.78, 5) is 48.0. The molecule has 0 bridgehead atoms. The molecule has 4 amide bonds. The van der Waals surface area contributed by atoms with Crippen LogP contribution in [0.25, 0.3) is 6.08 Å². The Morgan fingerprint density at radius 2 is 1.60 bits per heavy atom. The number of carbonyl (C=O) groups excluding carboxylic acids is 3. The number of urea groups is 1. The first-order valence-corrected chi connectivity index (χ1v) is 18.7. The highest BCUT2D eigenvalue weighted by Crippen LogP contribution is 2.27. The molecule has 3 fully saturated rings. The van der Waals surface area contributed by atoms with E-state index in [0.29, 0.717) is 64.2 Å². The van der Waals surface area contributed by atoms with Crippen molar-refractivity contribution in [2.75, 3.05) is 62.6 Å². The van der Waals surface area contributed by atoms with Crippen molar-refractivity contribution in [3.05, 3.63) is 65.7 Å². The van der Waals surface area contributed by atoms with E-state index in [9.17, 15) is 27.9 Å². The third kappa shape index (κ3) is 7.78. The summed E-state index contributed by atoms with van der Waals surface area (Å²) in [5, 5.41) is 13.2. The number of nitrogens with one attached hydrogen (secondary N) is 1. The number of amides is 4. The molecule has 0 aromatic heterocycles. The van der Waals surface area contributed by atoms with Crippen molar-refractivity contribution in [2.45, 2.75) is 56.7 Å². The molecule has 0 radical (unpaired) electrons. The van der Waals surface area contributed by atoms with Crippen molar-refractivity contribution in [3.63, 3.8) is 0 Å². The number of hydrogen-bond donors (Lipinski definition) is 2. The Labute approximate surface area is 282 Å². The lowest BCUT2D eigenvalue weighted by atomic mass is 10.00. The summed E-state index contributed by atoms with van der Waals surface area (Å²) in [7, 11) is -2.97. The van der Waals surface area contributed by atoms with Crippen LogP contribution in [0.1, 0.15) is 42.4 Å². The van der Waals surface area contributed by atoms with Crippen molar-refractivity contribution in [1.29, 1.82) is 0 Å². The van der Waals surface area contributed by atoms with Crippen LogP contribution in [0.15, 0.2) is 49.0 Å².